The number of fused-ring (bicyclic) bond motifs is 3. The molecule has 4 rings (SSSR count). The Morgan fingerprint density at radius 2 is 1.60 bits per heavy atom. The minimum atomic E-state index is -2.44. The summed E-state index contributed by atoms with van der Waals surface area (Å²) in [6.07, 6.45) is 9.94. The van der Waals surface area contributed by atoms with Crippen molar-refractivity contribution >= 4 is 29.2 Å². The monoisotopic (exact) mass is 916 g/mol. The van der Waals surface area contributed by atoms with Gasteiger partial charge in [-0.3, -0.25) is 19.2 Å². The zero-order valence-electron chi connectivity index (χ0n) is 40.5. The third-order valence-corrected chi connectivity index (χ3v) is 14.4. The number of amides is 1. The van der Waals surface area contributed by atoms with E-state index in [0.29, 0.717) is 64.2 Å². The first-order valence-corrected chi connectivity index (χ1v) is 23.9. The van der Waals surface area contributed by atoms with Crippen molar-refractivity contribution in [3.8, 4) is 0 Å². The molecule has 0 spiro atoms. The lowest BCUT2D eigenvalue weighted by Crippen LogP contribution is -2.61. The number of allylic oxidation sites excluding steroid dienone is 6. The lowest BCUT2D eigenvalue weighted by molar-refractivity contribution is -0.265. The molecule has 2 N–H and O–H groups in total. The molecule has 2 saturated heterocycles. The number of nitrogens with zero attached hydrogens (tertiary/aromatic N) is 1. The SMILES string of the molecule is CO[C@H]1C[C@@H]2CC[C@@H](C)[C@@](O)(O2)C(=O)C(=O)N2CCCCC2C(=O)O[C@H]([C@H](C)CC2CC[C@@H](O)[C@H](OC)C2)CC(=O)[C@H](C)/C=C(\C)C(F)[C@@H](OC)C(=O)[C@H](C)C[C@H](C)/C=C/C=CC=C1C. The highest BCUT2D eigenvalue weighted by Crippen LogP contribution is 2.38. The number of carbonyl (C=O) groups excluding carboxylic acids is 5. The van der Waals surface area contributed by atoms with Gasteiger partial charge in [-0.2, -0.15) is 0 Å². The van der Waals surface area contributed by atoms with Crippen LogP contribution in [0.15, 0.2) is 47.6 Å². The van der Waals surface area contributed by atoms with Gasteiger partial charge in [0.25, 0.3) is 11.7 Å². The number of ether oxygens (including phenoxy) is 5. The van der Waals surface area contributed by atoms with Crippen molar-refractivity contribution in [3.63, 3.8) is 0 Å². The Hall–Kier alpha value is -3.40. The van der Waals surface area contributed by atoms with Gasteiger partial charge in [-0.05, 0) is 107 Å². The van der Waals surface area contributed by atoms with Gasteiger partial charge in [0.05, 0.1) is 24.4 Å². The molecule has 1 saturated carbocycles. The number of Topliss-reactive ketones (excluding diaryl/α,β-unsaturated/α-hetero) is 3. The van der Waals surface area contributed by atoms with Crippen molar-refractivity contribution in [1.29, 1.82) is 0 Å². The third kappa shape index (κ3) is 14.3. The average Bonchev–Trinajstić information content (AvgIpc) is 3.28. The highest BCUT2D eigenvalue weighted by Gasteiger charge is 2.53. The fourth-order valence-corrected chi connectivity index (χ4v) is 10.1. The first kappa shape index (κ1) is 54.2. The van der Waals surface area contributed by atoms with Crippen molar-refractivity contribution < 1.29 is 62.3 Å². The van der Waals surface area contributed by atoms with E-state index in [1.807, 2.05) is 51.2 Å². The molecule has 13 nitrogen and oxygen atoms in total. The van der Waals surface area contributed by atoms with Gasteiger partial charge in [-0.25, -0.2) is 9.18 Å². The average molecular weight is 916 g/mol. The molecule has 3 aliphatic heterocycles. The first-order valence-electron chi connectivity index (χ1n) is 23.9. The van der Waals surface area contributed by atoms with Crippen molar-refractivity contribution in [2.45, 2.75) is 180 Å². The van der Waals surface area contributed by atoms with E-state index in [4.69, 9.17) is 23.7 Å². The minimum Gasteiger partial charge on any atom is -0.460 e. The summed E-state index contributed by atoms with van der Waals surface area (Å²) in [6, 6.07) is -1.16. The van der Waals surface area contributed by atoms with Crippen molar-refractivity contribution in [2.24, 2.45) is 35.5 Å². The van der Waals surface area contributed by atoms with E-state index in [0.717, 1.165) is 5.57 Å². The Labute approximate surface area is 386 Å². The van der Waals surface area contributed by atoms with Crippen LogP contribution in [0.4, 0.5) is 4.39 Å². The van der Waals surface area contributed by atoms with Gasteiger partial charge >= 0.3 is 5.97 Å². The minimum absolute atomic E-state index is 0.0215. The van der Waals surface area contributed by atoms with Crippen molar-refractivity contribution in [1.82, 2.24) is 4.90 Å². The highest BCUT2D eigenvalue weighted by atomic mass is 19.1. The Balaban J connectivity index is 1.70. The van der Waals surface area contributed by atoms with Crippen LogP contribution in [-0.2, 0) is 47.7 Å². The number of hydrogen-bond donors (Lipinski definition) is 2. The molecule has 3 unspecified atom stereocenters. The standard InChI is InChI=1S/C51H78FNO12/c1-30-16-12-11-13-17-31(2)42(61-8)28-38-21-19-36(7)51(60,65-38)48(57)49(58)53-23-15-14-18-39(53)50(59)64-43(33(4)26-37-20-22-40(54)44(27-37)62-9)29-41(55)32(3)25-34(5)45(52)47(63-10)46(56)35(6)24-30/h11-13,16-17,25,30,32-33,35-40,42-45,47,54,60H,14-15,18-24,26-29H2,1-10H3/b13-11?,16-12+,31-17?,34-25+/t30-,32-,33-,35-,36-,37?,38+,39?,40-,42+,43+,44-,45?,47-,51-/m1/s1. The Kier molecular flexibility index (Phi) is 20.9. The largest absolute Gasteiger partial charge is 0.460 e. The van der Waals surface area contributed by atoms with E-state index in [9.17, 15) is 34.2 Å². The summed E-state index contributed by atoms with van der Waals surface area (Å²) >= 11 is 0. The number of methoxy groups -OCH3 is 3. The Morgan fingerprint density at radius 1 is 0.877 bits per heavy atom. The molecule has 3 fully saturated rings. The molecule has 366 valence electrons. The van der Waals surface area contributed by atoms with Crippen LogP contribution in [0.25, 0.3) is 0 Å². The van der Waals surface area contributed by atoms with Gasteiger partial charge < -0.3 is 38.8 Å². The number of ketones is 3. The fourth-order valence-electron chi connectivity index (χ4n) is 10.1. The van der Waals surface area contributed by atoms with Crippen molar-refractivity contribution in [3.05, 3.63) is 47.6 Å². The van der Waals surface area contributed by atoms with Gasteiger partial charge in [0.15, 0.2) is 18.1 Å². The number of cyclic esters (lactones) is 1. The van der Waals surface area contributed by atoms with Crippen LogP contribution in [0.2, 0.25) is 0 Å². The summed E-state index contributed by atoms with van der Waals surface area (Å²) in [5, 5.41) is 22.4. The smallest absolute Gasteiger partial charge is 0.329 e. The van der Waals surface area contributed by atoms with Gasteiger partial charge in [-0.1, -0.05) is 71.1 Å². The molecule has 14 heteroatoms. The molecule has 0 aromatic rings. The summed E-state index contributed by atoms with van der Waals surface area (Å²) < 4.78 is 45.4. The zero-order valence-corrected chi connectivity index (χ0v) is 40.5. The molecule has 3 heterocycles. The summed E-state index contributed by atoms with van der Waals surface area (Å²) in [5.74, 6) is -8.44. The second kappa shape index (κ2) is 25.1. The topological polar surface area (TPSA) is 175 Å². The summed E-state index contributed by atoms with van der Waals surface area (Å²) in [6.45, 7) is 12.4. The van der Waals surface area contributed by atoms with Crippen LogP contribution in [-0.4, -0.2) is 127 Å². The number of rotatable bonds is 6. The van der Waals surface area contributed by atoms with E-state index in [1.165, 1.54) is 25.0 Å². The highest BCUT2D eigenvalue weighted by molar-refractivity contribution is 6.39. The maximum Gasteiger partial charge on any atom is 0.329 e. The van der Waals surface area contributed by atoms with Gasteiger partial charge in [0, 0.05) is 58.5 Å². The fraction of sp³-hybridized carbons (Fsp3) is 0.745. The quantitative estimate of drug-likeness (QED) is 0.157. The lowest BCUT2D eigenvalue weighted by atomic mass is 9.78. The molecule has 65 heavy (non-hydrogen) atoms. The summed E-state index contributed by atoms with van der Waals surface area (Å²) in [7, 11) is 4.42. The van der Waals surface area contributed by atoms with Crippen molar-refractivity contribution in [2.75, 3.05) is 27.9 Å². The first-order chi connectivity index (χ1) is 30.7. The van der Waals surface area contributed by atoms with Gasteiger partial charge in [0.2, 0.25) is 5.79 Å². The number of esters is 1. The number of carbonyl (C=O) groups is 5. The molecule has 1 amide bonds. The van der Waals surface area contributed by atoms with E-state index in [-0.39, 0.29) is 60.4 Å². The van der Waals surface area contributed by atoms with E-state index >= 15 is 4.39 Å². The Morgan fingerprint density at radius 3 is 2.28 bits per heavy atom. The number of aliphatic hydroxyl groups excluding tert-OH is 1. The van der Waals surface area contributed by atoms with E-state index in [1.54, 1.807) is 35.0 Å². The van der Waals surface area contributed by atoms with Crippen LogP contribution in [0.1, 0.15) is 126 Å². The summed E-state index contributed by atoms with van der Waals surface area (Å²) in [4.78, 5) is 71.6. The number of halogens is 1. The Bertz CT molecular complexity index is 1760. The maximum absolute atomic E-state index is 16.2. The second-order valence-corrected chi connectivity index (χ2v) is 19.5. The molecular formula is C51H78FNO12. The van der Waals surface area contributed by atoms with Crippen LogP contribution in [0.5, 0.6) is 0 Å². The molecule has 4 aliphatic rings. The molecule has 2 bridgehead atoms. The van der Waals surface area contributed by atoms with Crippen LogP contribution in [0, 0.1) is 35.5 Å². The zero-order chi connectivity index (χ0) is 48.2. The molecular weight excluding hydrogens is 838 g/mol. The predicted octanol–water partition coefficient (Wildman–Crippen LogP) is 7.16. The number of piperidine rings is 1. The number of aliphatic hydroxyl groups is 2. The summed E-state index contributed by atoms with van der Waals surface area (Å²) in [5.41, 5.74) is 1.03. The third-order valence-electron chi connectivity index (χ3n) is 14.4. The van der Waals surface area contributed by atoms with E-state index < -0.39 is 83.9 Å². The lowest BCUT2D eigenvalue weighted by Gasteiger charge is -2.42. The number of hydrogen-bond acceptors (Lipinski definition) is 12. The normalized spacial score (nSPS) is 39.1. The van der Waals surface area contributed by atoms with Gasteiger partial charge in [-0.15, -0.1) is 0 Å². The molecule has 0 radical (unpaired) electrons. The van der Waals surface area contributed by atoms with Crippen LogP contribution >= 0.6 is 0 Å². The molecule has 0 aromatic heterocycles. The molecule has 15 atom stereocenters. The van der Waals surface area contributed by atoms with E-state index in [2.05, 4.69) is 0 Å². The maximum atomic E-state index is 16.2. The van der Waals surface area contributed by atoms with Crippen LogP contribution in [0.3, 0.4) is 0 Å². The molecule has 1 aliphatic carbocycles. The van der Waals surface area contributed by atoms with Crippen LogP contribution < -0.4 is 0 Å². The van der Waals surface area contributed by atoms with Gasteiger partial charge in [0.1, 0.15) is 17.9 Å². The number of alkyl halides is 1. The predicted molar refractivity (Wildman–Crippen MR) is 244 cm³/mol. The second-order valence-electron chi connectivity index (χ2n) is 19.5. The molecule has 0 aromatic carbocycles.